The largest absolute Gasteiger partial charge is 0.481 e. The van der Waals surface area contributed by atoms with Gasteiger partial charge in [0.15, 0.2) is 6.10 Å². The van der Waals surface area contributed by atoms with Crippen LogP contribution in [-0.4, -0.2) is 25.1 Å². The number of amides is 1. The number of hydrogen-bond acceptors (Lipinski definition) is 4. The third-order valence-electron chi connectivity index (χ3n) is 3.17. The molecule has 0 spiro atoms. The van der Waals surface area contributed by atoms with Crippen LogP contribution in [0.1, 0.15) is 17.3 Å². The third kappa shape index (κ3) is 4.40. The molecule has 0 unspecified atom stereocenters. The van der Waals surface area contributed by atoms with Gasteiger partial charge in [0, 0.05) is 0 Å². The number of rotatable bonds is 5. The Morgan fingerprint density at radius 3 is 2.38 bits per heavy atom. The van der Waals surface area contributed by atoms with E-state index in [9.17, 15) is 9.59 Å². The van der Waals surface area contributed by atoms with Crippen LogP contribution in [0, 0.1) is 0 Å². The van der Waals surface area contributed by atoms with Gasteiger partial charge in [-0.25, -0.2) is 4.79 Å². The second kappa shape index (κ2) is 8.04. The normalized spacial score (nSPS) is 11.5. The first-order valence-corrected chi connectivity index (χ1v) is 7.78. The molecule has 0 saturated heterocycles. The lowest BCUT2D eigenvalue weighted by atomic mass is 10.2. The Bertz CT molecular complexity index is 747. The molecule has 0 aliphatic rings. The Morgan fingerprint density at radius 1 is 1.08 bits per heavy atom. The van der Waals surface area contributed by atoms with Gasteiger partial charge in [0.1, 0.15) is 5.75 Å². The van der Waals surface area contributed by atoms with Crippen molar-refractivity contribution in [1.29, 1.82) is 0 Å². The molecule has 1 atom stereocenters. The van der Waals surface area contributed by atoms with Crippen molar-refractivity contribution in [3.05, 3.63) is 58.1 Å². The summed E-state index contributed by atoms with van der Waals surface area (Å²) in [5.41, 5.74) is 0.804. The summed E-state index contributed by atoms with van der Waals surface area (Å²) in [5, 5.41) is 3.27. The van der Waals surface area contributed by atoms with Crippen molar-refractivity contribution in [3.8, 4) is 5.75 Å². The predicted molar refractivity (Wildman–Crippen MR) is 93.0 cm³/mol. The lowest BCUT2D eigenvalue weighted by Gasteiger charge is -2.15. The van der Waals surface area contributed by atoms with Crippen molar-refractivity contribution in [2.24, 2.45) is 0 Å². The first-order chi connectivity index (χ1) is 11.4. The van der Waals surface area contributed by atoms with Crippen LogP contribution in [0.2, 0.25) is 10.0 Å². The summed E-state index contributed by atoms with van der Waals surface area (Å²) < 4.78 is 10.2. The number of carbonyl (C=O) groups excluding carboxylic acids is 2. The third-order valence-corrected chi connectivity index (χ3v) is 3.99. The van der Waals surface area contributed by atoms with E-state index in [4.69, 9.17) is 27.9 Å². The Kier molecular flexibility index (Phi) is 6.06. The highest BCUT2D eigenvalue weighted by atomic mass is 35.5. The zero-order valence-electron chi connectivity index (χ0n) is 13.0. The Hall–Kier alpha value is -2.24. The van der Waals surface area contributed by atoms with Gasteiger partial charge in [-0.15, -0.1) is 0 Å². The van der Waals surface area contributed by atoms with Gasteiger partial charge in [0.25, 0.3) is 5.91 Å². The maximum Gasteiger partial charge on any atom is 0.337 e. The fourth-order valence-electron chi connectivity index (χ4n) is 1.88. The monoisotopic (exact) mass is 367 g/mol. The van der Waals surface area contributed by atoms with Crippen LogP contribution in [0.3, 0.4) is 0 Å². The zero-order valence-corrected chi connectivity index (χ0v) is 14.5. The smallest absolute Gasteiger partial charge is 0.337 e. The molecule has 0 aliphatic heterocycles. The minimum Gasteiger partial charge on any atom is -0.481 e. The van der Waals surface area contributed by atoms with Crippen LogP contribution in [-0.2, 0) is 9.53 Å². The predicted octanol–water partition coefficient (Wildman–Crippen LogP) is 4.19. The molecule has 0 heterocycles. The fourth-order valence-corrected chi connectivity index (χ4v) is 2.23. The maximum absolute atomic E-state index is 12.2. The molecule has 2 aromatic rings. The van der Waals surface area contributed by atoms with E-state index in [1.165, 1.54) is 7.11 Å². The Balaban J connectivity index is 2.01. The molecule has 0 aromatic heterocycles. The maximum atomic E-state index is 12.2. The highest BCUT2D eigenvalue weighted by molar-refractivity contribution is 6.44. The van der Waals surface area contributed by atoms with E-state index in [0.29, 0.717) is 22.0 Å². The summed E-state index contributed by atoms with van der Waals surface area (Å²) in [6.45, 7) is 1.60. The molecule has 5 nitrogen and oxygen atoms in total. The topological polar surface area (TPSA) is 64.6 Å². The van der Waals surface area contributed by atoms with Crippen molar-refractivity contribution >= 4 is 40.8 Å². The number of halogens is 2. The molecule has 0 radical (unpaired) electrons. The van der Waals surface area contributed by atoms with Crippen molar-refractivity contribution < 1.29 is 19.1 Å². The molecule has 0 saturated carbocycles. The molecule has 0 fully saturated rings. The number of benzene rings is 2. The minimum absolute atomic E-state index is 0.266. The van der Waals surface area contributed by atoms with Crippen molar-refractivity contribution in [3.63, 3.8) is 0 Å². The van der Waals surface area contributed by atoms with Crippen molar-refractivity contribution in [2.75, 3.05) is 12.4 Å². The molecule has 24 heavy (non-hydrogen) atoms. The van der Waals surface area contributed by atoms with Crippen LogP contribution in [0.4, 0.5) is 5.69 Å². The summed E-state index contributed by atoms with van der Waals surface area (Å²) in [6, 6.07) is 11.2. The average Bonchev–Trinajstić information content (AvgIpc) is 2.58. The van der Waals surface area contributed by atoms with Gasteiger partial charge in [-0.1, -0.05) is 29.3 Å². The van der Waals surface area contributed by atoms with E-state index in [2.05, 4.69) is 10.1 Å². The molecule has 126 valence electrons. The summed E-state index contributed by atoms with van der Waals surface area (Å²) in [5.74, 6) is -0.373. The Morgan fingerprint density at radius 2 is 1.75 bits per heavy atom. The lowest BCUT2D eigenvalue weighted by Crippen LogP contribution is -2.30. The molecular weight excluding hydrogens is 353 g/mol. The molecule has 7 heteroatoms. The van der Waals surface area contributed by atoms with Crippen LogP contribution in [0.25, 0.3) is 0 Å². The van der Waals surface area contributed by atoms with Crippen LogP contribution < -0.4 is 10.1 Å². The van der Waals surface area contributed by atoms with Gasteiger partial charge < -0.3 is 14.8 Å². The van der Waals surface area contributed by atoms with Gasteiger partial charge in [-0.05, 0) is 43.3 Å². The van der Waals surface area contributed by atoms with Gasteiger partial charge in [-0.3, -0.25) is 4.79 Å². The molecule has 0 bridgehead atoms. The zero-order chi connectivity index (χ0) is 17.7. The molecule has 1 N–H and O–H groups in total. The van der Waals surface area contributed by atoms with Crippen LogP contribution in [0.15, 0.2) is 42.5 Å². The highest BCUT2D eigenvalue weighted by Gasteiger charge is 2.17. The number of anilines is 1. The van der Waals surface area contributed by atoms with Gasteiger partial charge in [0.2, 0.25) is 0 Å². The van der Waals surface area contributed by atoms with Crippen molar-refractivity contribution in [2.45, 2.75) is 13.0 Å². The summed E-state index contributed by atoms with van der Waals surface area (Å²) in [4.78, 5) is 23.6. The van der Waals surface area contributed by atoms with E-state index in [1.807, 2.05) is 0 Å². The summed E-state index contributed by atoms with van der Waals surface area (Å²) in [6.07, 6.45) is -0.774. The number of methoxy groups -OCH3 is 1. The second-order valence-electron chi connectivity index (χ2n) is 4.87. The van der Waals surface area contributed by atoms with E-state index in [-0.39, 0.29) is 10.9 Å². The summed E-state index contributed by atoms with van der Waals surface area (Å²) in [7, 11) is 1.31. The highest BCUT2D eigenvalue weighted by Crippen LogP contribution is 2.29. The minimum atomic E-state index is -0.774. The number of hydrogen-bond donors (Lipinski definition) is 1. The van der Waals surface area contributed by atoms with E-state index in [1.54, 1.807) is 49.4 Å². The molecule has 1 amide bonds. The molecule has 2 rings (SSSR count). The average molecular weight is 368 g/mol. The number of esters is 1. The summed E-state index contributed by atoms with van der Waals surface area (Å²) >= 11 is 11.9. The van der Waals surface area contributed by atoms with E-state index < -0.39 is 12.1 Å². The molecule has 2 aromatic carbocycles. The first kappa shape index (κ1) is 18.1. The van der Waals surface area contributed by atoms with Crippen LogP contribution >= 0.6 is 23.2 Å². The SMILES string of the molecule is COC(=O)c1ccc(O[C@H](C)C(=O)Nc2cccc(Cl)c2Cl)cc1. The standard InChI is InChI=1S/C17H15Cl2NO4/c1-10(16(21)20-14-5-3-4-13(18)15(14)19)24-12-8-6-11(7-9-12)17(22)23-2/h3-10H,1-2H3,(H,20,21)/t10-/m1/s1. The molecule has 0 aliphatic carbocycles. The van der Waals surface area contributed by atoms with E-state index in [0.717, 1.165) is 0 Å². The quantitative estimate of drug-likeness (QED) is 0.804. The van der Waals surface area contributed by atoms with E-state index >= 15 is 0 Å². The molecular formula is C17H15Cl2NO4. The second-order valence-corrected chi connectivity index (χ2v) is 5.65. The lowest BCUT2D eigenvalue weighted by molar-refractivity contribution is -0.122. The van der Waals surface area contributed by atoms with Gasteiger partial charge >= 0.3 is 5.97 Å². The fraction of sp³-hybridized carbons (Fsp3) is 0.176. The van der Waals surface area contributed by atoms with Gasteiger partial charge in [0.05, 0.1) is 28.4 Å². The number of ether oxygens (including phenoxy) is 2. The van der Waals surface area contributed by atoms with Crippen molar-refractivity contribution in [1.82, 2.24) is 0 Å². The first-order valence-electron chi connectivity index (χ1n) is 7.02. The van der Waals surface area contributed by atoms with Gasteiger partial charge in [-0.2, -0.15) is 0 Å². The Labute approximate surface area is 149 Å². The number of carbonyl (C=O) groups is 2. The van der Waals surface area contributed by atoms with Crippen LogP contribution in [0.5, 0.6) is 5.75 Å². The number of nitrogens with one attached hydrogen (secondary N) is 1.